The minimum absolute atomic E-state index is 0.0527. The molecule has 0 aliphatic carbocycles. The van der Waals surface area contributed by atoms with Crippen LogP contribution in [0.5, 0.6) is 0 Å². The molecule has 0 bridgehead atoms. The molecule has 0 spiro atoms. The van der Waals surface area contributed by atoms with Gasteiger partial charge in [0.25, 0.3) is 5.24 Å². The molecular weight excluding hydrogens is 238 g/mol. The largest absolute Gasteiger partial charge is 0.294 e. The van der Waals surface area contributed by atoms with Crippen molar-refractivity contribution in [1.29, 1.82) is 0 Å². The molecule has 1 heterocycles. The lowest BCUT2D eigenvalue weighted by Crippen LogP contribution is -2.30. The van der Waals surface area contributed by atoms with Gasteiger partial charge in [-0.15, -0.1) is 0 Å². The molecule has 4 nitrogen and oxygen atoms in total. The van der Waals surface area contributed by atoms with Gasteiger partial charge >= 0.3 is 0 Å². The Bertz CT molecular complexity index is 442. The maximum Gasteiger partial charge on any atom is 0.288 e. The van der Waals surface area contributed by atoms with E-state index in [2.05, 4.69) is 0 Å². The molecule has 0 radical (unpaired) electrons. The van der Waals surface area contributed by atoms with E-state index in [1.807, 2.05) is 6.07 Å². The molecule has 0 saturated carbocycles. The Morgan fingerprint density at radius 2 is 1.94 bits per heavy atom. The van der Waals surface area contributed by atoms with Gasteiger partial charge in [0.1, 0.15) is 0 Å². The van der Waals surface area contributed by atoms with Crippen LogP contribution < -0.4 is 0 Å². The fourth-order valence-electron chi connectivity index (χ4n) is 1.58. The zero-order valence-electron chi connectivity index (χ0n) is 9.09. The quantitative estimate of drug-likeness (QED) is 0.765. The van der Waals surface area contributed by atoms with Crippen LogP contribution in [0.4, 0.5) is 4.79 Å². The SMILES string of the molecule is O=C(CCN1C(=O)CSC1=O)c1ccccc1. The summed E-state index contributed by atoms with van der Waals surface area (Å²) in [5, 5.41) is -0.254. The lowest BCUT2D eigenvalue weighted by Gasteiger charge is -2.11. The molecule has 0 unspecified atom stereocenters. The van der Waals surface area contributed by atoms with Crippen molar-refractivity contribution in [3.63, 3.8) is 0 Å². The normalized spacial score (nSPS) is 15.4. The molecule has 1 aromatic rings. The molecule has 17 heavy (non-hydrogen) atoms. The number of carbonyl (C=O) groups is 3. The molecule has 0 atom stereocenters. The summed E-state index contributed by atoms with van der Waals surface area (Å²) in [6.45, 7) is 0.179. The zero-order chi connectivity index (χ0) is 12.3. The third-order valence-electron chi connectivity index (χ3n) is 2.50. The number of ketones is 1. The van der Waals surface area contributed by atoms with Crippen LogP contribution in [0.2, 0.25) is 0 Å². The van der Waals surface area contributed by atoms with Crippen molar-refractivity contribution >= 4 is 28.7 Å². The Morgan fingerprint density at radius 3 is 2.53 bits per heavy atom. The van der Waals surface area contributed by atoms with Gasteiger partial charge in [-0.25, -0.2) is 0 Å². The van der Waals surface area contributed by atoms with Crippen LogP contribution in [0, 0.1) is 0 Å². The van der Waals surface area contributed by atoms with Crippen molar-refractivity contribution in [2.75, 3.05) is 12.3 Å². The van der Waals surface area contributed by atoms with Crippen molar-refractivity contribution in [3.8, 4) is 0 Å². The van der Waals surface area contributed by atoms with Crippen LogP contribution in [0.15, 0.2) is 30.3 Å². The van der Waals surface area contributed by atoms with Crippen LogP contribution in [-0.2, 0) is 4.79 Å². The van der Waals surface area contributed by atoms with Crippen LogP contribution in [0.1, 0.15) is 16.8 Å². The van der Waals surface area contributed by atoms with Gasteiger partial charge in [0.15, 0.2) is 5.78 Å². The first-order valence-electron chi connectivity index (χ1n) is 5.24. The van der Waals surface area contributed by atoms with Gasteiger partial charge < -0.3 is 0 Å². The highest BCUT2D eigenvalue weighted by Crippen LogP contribution is 2.19. The molecule has 1 aliphatic heterocycles. The summed E-state index contributed by atoms with van der Waals surface area (Å²) in [6.07, 6.45) is 0.183. The highest BCUT2D eigenvalue weighted by atomic mass is 32.2. The molecule has 2 amide bonds. The van der Waals surface area contributed by atoms with Crippen LogP contribution in [0.3, 0.4) is 0 Å². The summed E-state index contributed by atoms with van der Waals surface area (Å²) in [4.78, 5) is 35.5. The van der Waals surface area contributed by atoms with E-state index in [0.29, 0.717) is 5.56 Å². The molecule has 1 saturated heterocycles. The molecule has 0 N–H and O–H groups in total. The fraction of sp³-hybridized carbons (Fsp3) is 0.250. The zero-order valence-corrected chi connectivity index (χ0v) is 9.90. The number of carbonyl (C=O) groups excluding carboxylic acids is 3. The lowest BCUT2D eigenvalue weighted by molar-refractivity contribution is -0.124. The Labute approximate surface area is 103 Å². The first-order valence-corrected chi connectivity index (χ1v) is 6.22. The first-order chi connectivity index (χ1) is 8.18. The number of hydrogen-bond donors (Lipinski definition) is 0. The van der Waals surface area contributed by atoms with E-state index < -0.39 is 0 Å². The number of rotatable bonds is 4. The van der Waals surface area contributed by atoms with Gasteiger partial charge in [0.05, 0.1) is 5.75 Å². The predicted octanol–water partition coefficient (Wildman–Crippen LogP) is 1.95. The molecule has 1 aliphatic rings. The average molecular weight is 249 g/mol. The number of nitrogens with zero attached hydrogens (tertiary/aromatic N) is 1. The number of thioether (sulfide) groups is 1. The molecule has 2 rings (SSSR count). The number of Topliss-reactive ketones (excluding diaryl/α,β-unsaturated/α-hetero) is 1. The van der Waals surface area contributed by atoms with Gasteiger partial charge in [-0.1, -0.05) is 42.1 Å². The van der Waals surface area contributed by atoms with Crippen molar-refractivity contribution < 1.29 is 14.4 Å². The summed E-state index contributed by atoms with van der Waals surface area (Å²) >= 11 is 0.987. The molecule has 0 aromatic heterocycles. The van der Waals surface area contributed by atoms with Crippen molar-refractivity contribution in [2.45, 2.75) is 6.42 Å². The van der Waals surface area contributed by atoms with Gasteiger partial charge in [-0.05, 0) is 0 Å². The van der Waals surface area contributed by atoms with Crippen LogP contribution in [0.25, 0.3) is 0 Å². The molecular formula is C12H11NO3S. The first kappa shape index (κ1) is 11.9. The maximum absolute atomic E-state index is 11.8. The topological polar surface area (TPSA) is 54.5 Å². The minimum Gasteiger partial charge on any atom is -0.294 e. The Morgan fingerprint density at radius 1 is 1.24 bits per heavy atom. The molecule has 88 valence electrons. The molecule has 5 heteroatoms. The number of hydrogen-bond acceptors (Lipinski definition) is 4. The Kier molecular flexibility index (Phi) is 3.58. The number of benzene rings is 1. The van der Waals surface area contributed by atoms with Crippen LogP contribution in [-0.4, -0.2) is 34.1 Å². The summed E-state index contributed by atoms with van der Waals surface area (Å²) in [5.74, 6) is -0.0674. The van der Waals surface area contributed by atoms with Crippen molar-refractivity contribution in [2.24, 2.45) is 0 Å². The maximum atomic E-state index is 11.8. The second-order valence-corrected chi connectivity index (χ2v) is 4.57. The standard InChI is InChI=1S/C12H11NO3S/c14-10(9-4-2-1-3-5-9)6-7-13-11(15)8-17-12(13)16/h1-5H,6-8H2. The van der Waals surface area contributed by atoms with E-state index >= 15 is 0 Å². The average Bonchev–Trinajstić information content (AvgIpc) is 2.67. The lowest BCUT2D eigenvalue weighted by atomic mass is 10.1. The van der Waals surface area contributed by atoms with Crippen molar-refractivity contribution in [3.05, 3.63) is 35.9 Å². The summed E-state index contributed by atoms with van der Waals surface area (Å²) in [7, 11) is 0. The highest BCUT2D eigenvalue weighted by Gasteiger charge is 2.29. The monoisotopic (exact) mass is 249 g/mol. The Balaban J connectivity index is 1.93. The molecule has 1 fully saturated rings. The number of imide groups is 1. The van der Waals surface area contributed by atoms with E-state index in [0.717, 1.165) is 16.7 Å². The third kappa shape index (κ3) is 2.74. The van der Waals surface area contributed by atoms with E-state index in [1.54, 1.807) is 24.3 Å². The van der Waals surface area contributed by atoms with E-state index in [-0.39, 0.29) is 35.6 Å². The van der Waals surface area contributed by atoms with Gasteiger partial charge in [-0.3, -0.25) is 19.3 Å². The number of amides is 2. The molecule has 1 aromatic carbocycles. The third-order valence-corrected chi connectivity index (χ3v) is 3.36. The van der Waals surface area contributed by atoms with E-state index in [1.165, 1.54) is 0 Å². The minimum atomic E-state index is -0.254. The second kappa shape index (κ2) is 5.14. The fourth-order valence-corrected chi connectivity index (χ4v) is 2.33. The van der Waals surface area contributed by atoms with E-state index in [4.69, 9.17) is 0 Å². The summed E-state index contributed by atoms with van der Waals surface area (Å²) < 4.78 is 0. The van der Waals surface area contributed by atoms with Crippen LogP contribution >= 0.6 is 11.8 Å². The van der Waals surface area contributed by atoms with E-state index in [9.17, 15) is 14.4 Å². The van der Waals surface area contributed by atoms with Gasteiger partial charge in [0, 0.05) is 18.5 Å². The summed E-state index contributed by atoms with van der Waals surface area (Å²) in [6, 6.07) is 8.86. The summed E-state index contributed by atoms with van der Waals surface area (Å²) in [5.41, 5.74) is 0.610. The highest BCUT2D eigenvalue weighted by molar-refractivity contribution is 8.14. The van der Waals surface area contributed by atoms with Crippen molar-refractivity contribution in [1.82, 2.24) is 4.90 Å². The Hall–Kier alpha value is -1.62. The second-order valence-electron chi connectivity index (χ2n) is 3.64. The van der Waals surface area contributed by atoms with Gasteiger partial charge in [0.2, 0.25) is 5.91 Å². The predicted molar refractivity (Wildman–Crippen MR) is 65.0 cm³/mol. The van der Waals surface area contributed by atoms with Gasteiger partial charge in [-0.2, -0.15) is 0 Å². The smallest absolute Gasteiger partial charge is 0.288 e.